The molecule has 0 radical (unpaired) electrons. The predicted octanol–water partition coefficient (Wildman–Crippen LogP) is 3.05. The summed E-state index contributed by atoms with van der Waals surface area (Å²) in [6, 6.07) is 9.72. The molecule has 2 rings (SSSR count). The van der Waals surface area contributed by atoms with Crippen molar-refractivity contribution < 1.29 is 28.2 Å². The third kappa shape index (κ3) is 6.60. The Morgan fingerprint density at radius 2 is 1.59 bits per heavy atom. The van der Waals surface area contributed by atoms with Gasteiger partial charge in [-0.2, -0.15) is 0 Å². The molecule has 0 fully saturated rings. The highest BCUT2D eigenvalue weighted by atomic mass is 19.1. The van der Waals surface area contributed by atoms with Gasteiger partial charge in [0, 0.05) is 24.0 Å². The maximum absolute atomic E-state index is 12.9. The number of benzene rings is 2. The Balaban J connectivity index is 1.85. The van der Waals surface area contributed by atoms with Crippen LogP contribution in [-0.4, -0.2) is 30.8 Å². The van der Waals surface area contributed by atoms with E-state index in [0.717, 1.165) is 0 Å². The number of hydrogen-bond acceptors (Lipinski definition) is 5. The maximum atomic E-state index is 12.9. The number of rotatable bonds is 8. The minimum atomic E-state index is -0.544. The van der Waals surface area contributed by atoms with Gasteiger partial charge in [-0.3, -0.25) is 25.2 Å². The van der Waals surface area contributed by atoms with Gasteiger partial charge in [-0.25, -0.2) is 4.39 Å². The molecule has 0 saturated carbocycles. The quantitative estimate of drug-likeness (QED) is 0.523. The summed E-state index contributed by atoms with van der Waals surface area (Å²) < 4.78 is 23.7. The molecule has 2 aromatic rings. The molecule has 8 heteroatoms. The topological polar surface area (TPSA) is 93.7 Å². The summed E-state index contributed by atoms with van der Waals surface area (Å²) >= 11 is 0. The minimum Gasteiger partial charge on any atom is -0.493 e. The SMILES string of the molecule is COc1cc(C(=O)NNC(=O)CCC(=O)c2ccc(F)cc2)ccc1OC(C)C. The third-order valence-corrected chi connectivity index (χ3v) is 3.85. The summed E-state index contributed by atoms with van der Waals surface area (Å²) in [6.45, 7) is 3.74. The monoisotopic (exact) mass is 402 g/mol. The van der Waals surface area contributed by atoms with Gasteiger partial charge in [-0.05, 0) is 56.3 Å². The Bertz CT molecular complexity index is 881. The van der Waals surface area contributed by atoms with Crippen molar-refractivity contribution in [1.82, 2.24) is 10.9 Å². The predicted molar refractivity (Wildman–Crippen MR) is 104 cm³/mol. The lowest BCUT2D eigenvalue weighted by atomic mass is 10.1. The molecule has 0 aliphatic heterocycles. The molecular weight excluding hydrogens is 379 g/mol. The van der Waals surface area contributed by atoms with Crippen molar-refractivity contribution in [2.75, 3.05) is 7.11 Å². The number of hydrogen-bond donors (Lipinski definition) is 2. The average Bonchev–Trinajstić information content (AvgIpc) is 2.70. The molecule has 0 aromatic heterocycles. The van der Waals surface area contributed by atoms with E-state index in [2.05, 4.69) is 10.9 Å². The van der Waals surface area contributed by atoms with E-state index in [4.69, 9.17) is 9.47 Å². The van der Waals surface area contributed by atoms with Crippen LogP contribution in [0.15, 0.2) is 42.5 Å². The smallest absolute Gasteiger partial charge is 0.269 e. The normalized spacial score (nSPS) is 10.4. The van der Waals surface area contributed by atoms with Gasteiger partial charge in [0.15, 0.2) is 17.3 Å². The van der Waals surface area contributed by atoms with Crippen molar-refractivity contribution >= 4 is 17.6 Å². The fourth-order valence-electron chi connectivity index (χ4n) is 2.43. The molecule has 0 heterocycles. The van der Waals surface area contributed by atoms with Gasteiger partial charge >= 0.3 is 0 Å². The van der Waals surface area contributed by atoms with Crippen LogP contribution < -0.4 is 20.3 Å². The Hall–Kier alpha value is -3.42. The van der Waals surface area contributed by atoms with Crippen LogP contribution in [0.3, 0.4) is 0 Å². The third-order valence-electron chi connectivity index (χ3n) is 3.85. The molecule has 29 heavy (non-hydrogen) atoms. The van der Waals surface area contributed by atoms with Gasteiger partial charge in [0.05, 0.1) is 13.2 Å². The Morgan fingerprint density at radius 3 is 2.21 bits per heavy atom. The number of ether oxygens (including phenoxy) is 2. The maximum Gasteiger partial charge on any atom is 0.269 e. The molecule has 154 valence electrons. The highest BCUT2D eigenvalue weighted by molar-refractivity contribution is 5.99. The van der Waals surface area contributed by atoms with E-state index >= 15 is 0 Å². The van der Waals surface area contributed by atoms with E-state index in [1.165, 1.54) is 37.4 Å². The molecule has 2 N–H and O–H groups in total. The van der Waals surface area contributed by atoms with Crippen molar-refractivity contribution in [2.45, 2.75) is 32.8 Å². The average molecular weight is 402 g/mol. The van der Waals surface area contributed by atoms with Crippen LogP contribution in [0.1, 0.15) is 47.4 Å². The molecule has 0 saturated heterocycles. The summed E-state index contributed by atoms with van der Waals surface area (Å²) in [4.78, 5) is 36.1. The number of hydrazine groups is 1. The summed E-state index contributed by atoms with van der Waals surface area (Å²) in [5.74, 6) is -0.914. The molecule has 2 amide bonds. The standard InChI is InChI=1S/C21H23FN2O5/c1-13(2)29-18-10-6-15(12-19(18)28-3)21(27)24-23-20(26)11-9-17(25)14-4-7-16(22)8-5-14/h4-8,10,12-13H,9,11H2,1-3H3,(H,23,26)(H,24,27). The van der Waals surface area contributed by atoms with Crippen molar-refractivity contribution in [2.24, 2.45) is 0 Å². The van der Waals surface area contributed by atoms with Crippen LogP contribution in [0.25, 0.3) is 0 Å². The molecule has 0 bridgehead atoms. The number of nitrogens with one attached hydrogen (secondary N) is 2. The largest absolute Gasteiger partial charge is 0.493 e. The number of Topliss-reactive ketones (excluding diaryl/α,β-unsaturated/α-hetero) is 1. The molecule has 0 aliphatic rings. The van der Waals surface area contributed by atoms with Gasteiger partial charge in [0.2, 0.25) is 5.91 Å². The zero-order valence-electron chi connectivity index (χ0n) is 16.5. The second-order valence-corrected chi connectivity index (χ2v) is 6.46. The van der Waals surface area contributed by atoms with Crippen LogP contribution >= 0.6 is 0 Å². The highest BCUT2D eigenvalue weighted by Gasteiger charge is 2.14. The van der Waals surface area contributed by atoms with E-state index in [-0.39, 0.29) is 30.3 Å². The lowest BCUT2D eigenvalue weighted by molar-refractivity contribution is -0.121. The van der Waals surface area contributed by atoms with E-state index < -0.39 is 17.6 Å². The lowest BCUT2D eigenvalue weighted by Crippen LogP contribution is -2.41. The zero-order valence-corrected chi connectivity index (χ0v) is 16.5. The van der Waals surface area contributed by atoms with Crippen LogP contribution in [0.2, 0.25) is 0 Å². The number of carbonyl (C=O) groups excluding carboxylic acids is 3. The number of amides is 2. The summed E-state index contributed by atoms with van der Waals surface area (Å²) in [5.41, 5.74) is 5.13. The van der Waals surface area contributed by atoms with E-state index in [0.29, 0.717) is 17.1 Å². The molecule has 0 aliphatic carbocycles. The zero-order chi connectivity index (χ0) is 21.4. The van der Waals surface area contributed by atoms with Gasteiger partial charge in [0.25, 0.3) is 5.91 Å². The fraction of sp³-hybridized carbons (Fsp3) is 0.286. The first-order chi connectivity index (χ1) is 13.8. The summed E-state index contributed by atoms with van der Waals surface area (Å²) in [6.07, 6.45) is -0.246. The van der Waals surface area contributed by atoms with Crippen molar-refractivity contribution in [3.05, 3.63) is 59.4 Å². The van der Waals surface area contributed by atoms with E-state index in [9.17, 15) is 18.8 Å². The minimum absolute atomic E-state index is 0.0551. The van der Waals surface area contributed by atoms with Crippen molar-refractivity contribution in [3.8, 4) is 11.5 Å². The van der Waals surface area contributed by atoms with Crippen molar-refractivity contribution in [3.63, 3.8) is 0 Å². The summed E-state index contributed by atoms with van der Waals surface area (Å²) in [7, 11) is 1.46. The second kappa shape index (κ2) is 10.2. The van der Waals surface area contributed by atoms with Gasteiger partial charge in [0.1, 0.15) is 5.82 Å². The Kier molecular flexibility index (Phi) is 7.70. The fourth-order valence-corrected chi connectivity index (χ4v) is 2.43. The van der Waals surface area contributed by atoms with Crippen LogP contribution in [-0.2, 0) is 4.79 Å². The molecule has 2 aromatic carbocycles. The first-order valence-electron chi connectivity index (χ1n) is 9.02. The molecule has 0 atom stereocenters. The first kappa shape index (κ1) is 21.9. The lowest BCUT2D eigenvalue weighted by Gasteiger charge is -2.14. The van der Waals surface area contributed by atoms with Crippen molar-refractivity contribution in [1.29, 1.82) is 0 Å². The molecule has 7 nitrogen and oxygen atoms in total. The van der Waals surface area contributed by atoms with Crippen LogP contribution in [0, 0.1) is 5.82 Å². The Morgan fingerprint density at radius 1 is 0.931 bits per heavy atom. The Labute approximate surface area is 168 Å². The number of carbonyl (C=O) groups is 3. The molecule has 0 unspecified atom stereocenters. The highest BCUT2D eigenvalue weighted by Crippen LogP contribution is 2.28. The van der Waals surface area contributed by atoms with Gasteiger partial charge in [-0.1, -0.05) is 0 Å². The number of methoxy groups -OCH3 is 1. The molecular formula is C21H23FN2O5. The van der Waals surface area contributed by atoms with Crippen LogP contribution in [0.5, 0.6) is 11.5 Å². The number of ketones is 1. The molecule has 0 spiro atoms. The van der Waals surface area contributed by atoms with Crippen LogP contribution in [0.4, 0.5) is 4.39 Å². The second-order valence-electron chi connectivity index (χ2n) is 6.46. The summed E-state index contributed by atoms with van der Waals surface area (Å²) in [5, 5.41) is 0. The van der Waals surface area contributed by atoms with E-state index in [1.807, 2.05) is 13.8 Å². The first-order valence-corrected chi connectivity index (χ1v) is 9.02. The number of halogens is 1. The van der Waals surface area contributed by atoms with Gasteiger partial charge in [-0.15, -0.1) is 0 Å². The van der Waals surface area contributed by atoms with Gasteiger partial charge < -0.3 is 9.47 Å². The van der Waals surface area contributed by atoms with E-state index in [1.54, 1.807) is 12.1 Å².